The first-order chi connectivity index (χ1) is 11.5. The fourth-order valence-electron chi connectivity index (χ4n) is 5.95. The van der Waals surface area contributed by atoms with Crippen LogP contribution in [0.1, 0.15) is 57.1 Å². The van der Waals surface area contributed by atoms with Gasteiger partial charge in [0.05, 0.1) is 13.7 Å². The number of fused-ring (bicyclic) bond motifs is 1. The van der Waals surface area contributed by atoms with Gasteiger partial charge < -0.3 is 9.84 Å². The monoisotopic (exact) mass is 329 g/mol. The number of likely N-dealkylation sites (tertiary alicyclic amines) is 1. The molecule has 1 aliphatic heterocycles. The second-order valence-corrected chi connectivity index (χ2v) is 8.72. The molecule has 4 rings (SSSR count). The van der Waals surface area contributed by atoms with E-state index in [0.29, 0.717) is 11.5 Å². The Morgan fingerprint density at radius 1 is 1.29 bits per heavy atom. The van der Waals surface area contributed by atoms with Crippen LogP contribution in [0, 0.1) is 5.92 Å². The normalized spacial score (nSPS) is 32.8. The van der Waals surface area contributed by atoms with Crippen LogP contribution in [-0.4, -0.2) is 41.8 Å². The maximum Gasteiger partial charge on any atom is 0.119 e. The molecule has 2 aliphatic carbocycles. The van der Waals surface area contributed by atoms with Crippen molar-refractivity contribution < 1.29 is 9.84 Å². The second-order valence-electron chi connectivity index (χ2n) is 8.72. The van der Waals surface area contributed by atoms with E-state index in [2.05, 4.69) is 36.9 Å². The lowest BCUT2D eigenvalue weighted by Gasteiger charge is -2.61. The predicted molar refractivity (Wildman–Crippen MR) is 96.6 cm³/mol. The van der Waals surface area contributed by atoms with Gasteiger partial charge in [0.25, 0.3) is 0 Å². The van der Waals surface area contributed by atoms with Crippen LogP contribution in [0.2, 0.25) is 0 Å². The van der Waals surface area contributed by atoms with Crippen molar-refractivity contribution in [3.63, 3.8) is 0 Å². The van der Waals surface area contributed by atoms with Crippen LogP contribution in [0.4, 0.5) is 0 Å². The van der Waals surface area contributed by atoms with E-state index in [0.717, 1.165) is 24.6 Å². The van der Waals surface area contributed by atoms with Crippen molar-refractivity contribution in [1.29, 1.82) is 0 Å². The van der Waals surface area contributed by atoms with E-state index in [-0.39, 0.29) is 12.1 Å². The van der Waals surface area contributed by atoms with Gasteiger partial charge in [0.15, 0.2) is 0 Å². The molecular weight excluding hydrogens is 298 g/mol. The summed E-state index contributed by atoms with van der Waals surface area (Å²) in [5, 5.41) is 9.94. The smallest absolute Gasteiger partial charge is 0.119 e. The molecule has 132 valence electrons. The van der Waals surface area contributed by atoms with Crippen LogP contribution in [0.15, 0.2) is 18.2 Å². The average molecular weight is 329 g/mol. The van der Waals surface area contributed by atoms with E-state index in [1.165, 1.54) is 37.7 Å². The molecule has 0 amide bonds. The third-order valence-corrected chi connectivity index (χ3v) is 7.21. The van der Waals surface area contributed by atoms with E-state index in [9.17, 15) is 5.11 Å². The first-order valence-electron chi connectivity index (χ1n) is 9.57. The first kappa shape index (κ1) is 16.4. The van der Waals surface area contributed by atoms with Gasteiger partial charge >= 0.3 is 0 Å². The van der Waals surface area contributed by atoms with Gasteiger partial charge in [-0.05, 0) is 75.3 Å². The van der Waals surface area contributed by atoms with Crippen molar-refractivity contribution in [1.82, 2.24) is 4.90 Å². The van der Waals surface area contributed by atoms with Crippen LogP contribution in [0.25, 0.3) is 0 Å². The lowest BCUT2D eigenvalue weighted by atomic mass is 9.52. The Morgan fingerprint density at radius 2 is 2.12 bits per heavy atom. The number of aliphatic hydroxyl groups excluding tert-OH is 1. The molecule has 0 unspecified atom stereocenters. The van der Waals surface area contributed by atoms with E-state index < -0.39 is 0 Å². The largest absolute Gasteiger partial charge is 0.497 e. The number of methoxy groups -OCH3 is 1. The summed E-state index contributed by atoms with van der Waals surface area (Å²) >= 11 is 0. The maximum atomic E-state index is 9.94. The van der Waals surface area contributed by atoms with Crippen LogP contribution in [0.5, 0.6) is 5.75 Å². The zero-order valence-electron chi connectivity index (χ0n) is 15.3. The van der Waals surface area contributed by atoms with E-state index >= 15 is 0 Å². The van der Waals surface area contributed by atoms with Gasteiger partial charge in [-0.15, -0.1) is 0 Å². The van der Waals surface area contributed by atoms with Crippen molar-refractivity contribution in [3.05, 3.63) is 29.3 Å². The van der Waals surface area contributed by atoms with Crippen LogP contribution in [0.3, 0.4) is 0 Å². The Hall–Kier alpha value is -1.06. The number of hydrogen-bond acceptors (Lipinski definition) is 3. The highest BCUT2D eigenvalue weighted by atomic mass is 16.5. The molecule has 1 N–H and O–H groups in total. The number of aliphatic hydroxyl groups is 1. The maximum absolute atomic E-state index is 9.94. The number of piperidine rings is 1. The van der Waals surface area contributed by atoms with Gasteiger partial charge in [0.2, 0.25) is 0 Å². The van der Waals surface area contributed by atoms with E-state index in [4.69, 9.17) is 4.74 Å². The summed E-state index contributed by atoms with van der Waals surface area (Å²) in [7, 11) is 1.77. The van der Waals surface area contributed by atoms with Gasteiger partial charge in [0, 0.05) is 17.0 Å². The predicted octanol–water partition coefficient (Wildman–Crippen LogP) is 3.52. The number of benzene rings is 1. The standard InChI is InChI=1S/C21H31NO2/c1-20(2,14-23)22-11-10-21-9-5-4-6-17(21)19(22)12-15-7-8-16(24-3)13-18(15)21/h7-8,13,17,19,23H,4-6,9-12,14H2,1-3H3/t17-,19+,21+/m0/s1. The SMILES string of the molecule is COc1ccc2c(c1)[C@@]13CCCC[C@H]1[C@@H](C2)N(C(C)(C)CO)CC3. The zero-order chi connectivity index (χ0) is 16.9. The number of ether oxygens (including phenoxy) is 1. The molecule has 2 fully saturated rings. The number of nitrogens with zero attached hydrogens (tertiary/aromatic N) is 1. The third-order valence-electron chi connectivity index (χ3n) is 7.21. The molecule has 1 saturated carbocycles. The highest BCUT2D eigenvalue weighted by Gasteiger charge is 2.55. The fourth-order valence-corrected chi connectivity index (χ4v) is 5.95. The summed E-state index contributed by atoms with van der Waals surface area (Å²) in [6.07, 6.45) is 7.70. The van der Waals surface area contributed by atoms with Crippen molar-refractivity contribution in [2.75, 3.05) is 20.3 Å². The molecule has 1 aromatic rings. The van der Waals surface area contributed by atoms with Gasteiger partial charge in [0.1, 0.15) is 5.75 Å². The van der Waals surface area contributed by atoms with Gasteiger partial charge in [-0.3, -0.25) is 4.90 Å². The molecule has 2 bridgehead atoms. The number of rotatable bonds is 3. The van der Waals surface area contributed by atoms with Crippen LogP contribution in [-0.2, 0) is 11.8 Å². The minimum absolute atomic E-state index is 0.127. The van der Waals surface area contributed by atoms with Crippen molar-refractivity contribution >= 4 is 0 Å². The Morgan fingerprint density at radius 3 is 2.88 bits per heavy atom. The molecular formula is C21H31NO2. The highest BCUT2D eigenvalue weighted by molar-refractivity contribution is 5.45. The molecule has 0 spiro atoms. The summed E-state index contributed by atoms with van der Waals surface area (Å²) in [6.45, 7) is 5.74. The molecule has 3 heteroatoms. The lowest BCUT2D eigenvalue weighted by molar-refractivity contribution is -0.0745. The summed E-state index contributed by atoms with van der Waals surface area (Å²) in [6, 6.07) is 7.32. The third kappa shape index (κ3) is 2.24. The van der Waals surface area contributed by atoms with E-state index in [1.54, 1.807) is 12.7 Å². The summed E-state index contributed by atoms with van der Waals surface area (Å²) in [5.41, 5.74) is 3.30. The van der Waals surface area contributed by atoms with Crippen molar-refractivity contribution in [2.45, 2.75) is 69.4 Å². The molecule has 1 saturated heterocycles. The zero-order valence-corrected chi connectivity index (χ0v) is 15.3. The molecule has 3 nitrogen and oxygen atoms in total. The van der Waals surface area contributed by atoms with E-state index in [1.807, 2.05) is 0 Å². The lowest BCUT2D eigenvalue weighted by Crippen LogP contribution is -2.66. The molecule has 1 heterocycles. The Bertz CT molecular complexity index is 626. The van der Waals surface area contributed by atoms with Crippen molar-refractivity contribution in [2.24, 2.45) is 5.92 Å². The molecule has 3 atom stereocenters. The quantitative estimate of drug-likeness (QED) is 0.921. The Balaban J connectivity index is 1.82. The Labute approximate surface area is 146 Å². The second kappa shape index (κ2) is 5.74. The highest BCUT2D eigenvalue weighted by Crippen LogP contribution is 2.57. The van der Waals surface area contributed by atoms with Gasteiger partial charge in [-0.2, -0.15) is 0 Å². The summed E-state index contributed by atoms with van der Waals surface area (Å²) in [4.78, 5) is 2.62. The van der Waals surface area contributed by atoms with Gasteiger partial charge in [-0.25, -0.2) is 0 Å². The minimum Gasteiger partial charge on any atom is -0.497 e. The molecule has 0 radical (unpaired) electrons. The van der Waals surface area contributed by atoms with Crippen molar-refractivity contribution in [3.8, 4) is 5.75 Å². The van der Waals surface area contributed by atoms with Crippen LogP contribution < -0.4 is 4.74 Å². The number of hydrogen-bond donors (Lipinski definition) is 1. The topological polar surface area (TPSA) is 32.7 Å². The summed E-state index contributed by atoms with van der Waals surface area (Å²) < 4.78 is 5.54. The first-order valence-corrected chi connectivity index (χ1v) is 9.57. The molecule has 1 aromatic carbocycles. The van der Waals surface area contributed by atoms with Gasteiger partial charge in [-0.1, -0.05) is 18.9 Å². The molecule has 3 aliphatic rings. The van der Waals surface area contributed by atoms with Crippen LogP contribution >= 0.6 is 0 Å². The molecule has 0 aromatic heterocycles. The Kier molecular flexibility index (Phi) is 3.92. The average Bonchev–Trinajstić information content (AvgIpc) is 2.61. The fraction of sp³-hybridized carbons (Fsp3) is 0.714. The minimum atomic E-state index is -0.127. The summed E-state index contributed by atoms with van der Waals surface area (Å²) in [5.74, 6) is 1.73. The molecule has 24 heavy (non-hydrogen) atoms.